The Hall–Kier alpha value is -3.16. The van der Waals surface area contributed by atoms with Gasteiger partial charge in [0.25, 0.3) is 0 Å². The molecular formula is C22H28N2O6. The zero-order valence-corrected chi connectivity index (χ0v) is 18.0. The number of rotatable bonds is 5. The molecule has 1 aliphatic rings. The SMILES string of the molecule is COc1cc2c(cc1OC)CN(C(=O)OC(C)(C)C)[C@H](C(=O)NCc1ccco1)C2. The molecule has 1 N–H and O–H groups in total. The molecule has 8 nitrogen and oxygen atoms in total. The van der Waals surface area contributed by atoms with Crippen molar-refractivity contribution >= 4 is 12.0 Å². The maximum Gasteiger partial charge on any atom is 0.411 e. The molecule has 3 rings (SSSR count). The Morgan fingerprint density at radius 1 is 1.17 bits per heavy atom. The molecule has 0 radical (unpaired) electrons. The van der Waals surface area contributed by atoms with Crippen LogP contribution in [0.1, 0.15) is 37.7 Å². The lowest BCUT2D eigenvalue weighted by molar-refractivity contribution is -0.127. The fourth-order valence-electron chi connectivity index (χ4n) is 3.36. The topological polar surface area (TPSA) is 90.2 Å². The van der Waals surface area contributed by atoms with Gasteiger partial charge in [-0.25, -0.2) is 4.79 Å². The predicted molar refractivity (Wildman–Crippen MR) is 109 cm³/mol. The predicted octanol–water partition coefficient (Wildman–Crippen LogP) is 3.28. The summed E-state index contributed by atoms with van der Waals surface area (Å²) in [6.45, 7) is 5.85. The highest BCUT2D eigenvalue weighted by atomic mass is 16.6. The van der Waals surface area contributed by atoms with Crippen molar-refractivity contribution in [3.8, 4) is 11.5 Å². The number of methoxy groups -OCH3 is 2. The Kier molecular flexibility index (Phi) is 6.24. The molecule has 0 fully saturated rings. The summed E-state index contributed by atoms with van der Waals surface area (Å²) in [5.74, 6) is 1.50. The molecule has 1 aromatic heterocycles. The average molecular weight is 416 g/mol. The van der Waals surface area contributed by atoms with Crippen LogP contribution in [-0.2, 0) is 29.0 Å². The largest absolute Gasteiger partial charge is 0.493 e. The van der Waals surface area contributed by atoms with E-state index in [-0.39, 0.29) is 19.0 Å². The number of carbonyl (C=O) groups excluding carboxylic acids is 2. The first-order valence-electron chi connectivity index (χ1n) is 9.75. The molecule has 0 bridgehead atoms. The molecule has 1 atom stereocenters. The summed E-state index contributed by atoms with van der Waals surface area (Å²) in [6, 6.07) is 6.50. The molecule has 2 heterocycles. The maximum atomic E-state index is 13.0. The molecule has 1 aromatic carbocycles. The highest BCUT2D eigenvalue weighted by molar-refractivity contribution is 5.86. The number of fused-ring (bicyclic) bond motifs is 1. The molecule has 30 heavy (non-hydrogen) atoms. The fourth-order valence-corrected chi connectivity index (χ4v) is 3.36. The lowest BCUT2D eigenvalue weighted by atomic mass is 9.93. The molecule has 0 aliphatic carbocycles. The average Bonchev–Trinajstić information content (AvgIpc) is 3.22. The van der Waals surface area contributed by atoms with Crippen molar-refractivity contribution in [1.82, 2.24) is 10.2 Å². The van der Waals surface area contributed by atoms with Crippen LogP contribution < -0.4 is 14.8 Å². The van der Waals surface area contributed by atoms with E-state index in [0.717, 1.165) is 11.1 Å². The normalized spacial score (nSPS) is 15.9. The smallest absolute Gasteiger partial charge is 0.411 e. The van der Waals surface area contributed by atoms with E-state index in [1.165, 1.54) is 4.90 Å². The van der Waals surface area contributed by atoms with E-state index < -0.39 is 17.7 Å². The molecule has 2 amide bonds. The Morgan fingerprint density at radius 2 is 1.83 bits per heavy atom. The first kappa shape index (κ1) is 21.5. The lowest BCUT2D eigenvalue weighted by Crippen LogP contribution is -2.53. The number of furan rings is 1. The molecule has 2 aromatic rings. The Bertz CT molecular complexity index is 901. The Labute approximate surface area is 176 Å². The van der Waals surface area contributed by atoms with Crippen molar-refractivity contribution in [2.75, 3.05) is 14.2 Å². The molecule has 0 spiro atoms. The summed E-state index contributed by atoms with van der Waals surface area (Å²) in [6.07, 6.45) is 1.34. The van der Waals surface area contributed by atoms with Gasteiger partial charge in [-0.1, -0.05) is 0 Å². The summed E-state index contributed by atoms with van der Waals surface area (Å²) < 4.78 is 21.6. The second-order valence-electron chi connectivity index (χ2n) is 8.10. The summed E-state index contributed by atoms with van der Waals surface area (Å²) in [5, 5.41) is 2.85. The van der Waals surface area contributed by atoms with E-state index in [2.05, 4.69) is 5.32 Å². The van der Waals surface area contributed by atoms with Crippen LogP contribution in [-0.4, -0.2) is 42.8 Å². The van der Waals surface area contributed by atoms with E-state index in [1.807, 2.05) is 12.1 Å². The molecule has 1 aliphatic heterocycles. The third kappa shape index (κ3) is 4.87. The molecule has 0 saturated carbocycles. The first-order chi connectivity index (χ1) is 14.2. The van der Waals surface area contributed by atoms with E-state index in [4.69, 9.17) is 18.6 Å². The second-order valence-corrected chi connectivity index (χ2v) is 8.10. The van der Waals surface area contributed by atoms with Gasteiger partial charge in [0.15, 0.2) is 11.5 Å². The van der Waals surface area contributed by atoms with Crippen LogP contribution in [0.15, 0.2) is 34.9 Å². The van der Waals surface area contributed by atoms with Crippen LogP contribution in [0.2, 0.25) is 0 Å². The zero-order chi connectivity index (χ0) is 21.9. The molecule has 0 unspecified atom stereocenters. The van der Waals surface area contributed by atoms with Gasteiger partial charge in [-0.05, 0) is 56.2 Å². The Morgan fingerprint density at radius 3 is 2.40 bits per heavy atom. The summed E-state index contributed by atoms with van der Waals surface area (Å²) >= 11 is 0. The fraction of sp³-hybridized carbons (Fsp3) is 0.455. The van der Waals surface area contributed by atoms with Crippen molar-refractivity contribution in [2.45, 2.75) is 51.9 Å². The Balaban J connectivity index is 1.88. The molecular weight excluding hydrogens is 388 g/mol. The summed E-state index contributed by atoms with van der Waals surface area (Å²) in [4.78, 5) is 27.4. The van der Waals surface area contributed by atoms with Gasteiger partial charge < -0.3 is 23.9 Å². The van der Waals surface area contributed by atoms with E-state index in [0.29, 0.717) is 23.7 Å². The monoisotopic (exact) mass is 416 g/mol. The maximum absolute atomic E-state index is 13.0. The highest BCUT2D eigenvalue weighted by Crippen LogP contribution is 2.35. The van der Waals surface area contributed by atoms with E-state index >= 15 is 0 Å². The van der Waals surface area contributed by atoms with Crippen LogP contribution in [0.4, 0.5) is 4.79 Å². The van der Waals surface area contributed by atoms with Gasteiger partial charge in [0.2, 0.25) is 5.91 Å². The number of hydrogen-bond donors (Lipinski definition) is 1. The minimum absolute atomic E-state index is 0.226. The minimum Gasteiger partial charge on any atom is -0.493 e. The summed E-state index contributed by atoms with van der Waals surface area (Å²) in [7, 11) is 3.12. The number of carbonyl (C=O) groups is 2. The van der Waals surface area contributed by atoms with Gasteiger partial charge in [0.1, 0.15) is 17.4 Å². The van der Waals surface area contributed by atoms with Crippen LogP contribution in [0, 0.1) is 0 Å². The number of benzene rings is 1. The van der Waals surface area contributed by atoms with Gasteiger partial charge in [0, 0.05) is 6.42 Å². The van der Waals surface area contributed by atoms with Crippen LogP contribution in [0.25, 0.3) is 0 Å². The minimum atomic E-state index is -0.722. The third-order valence-corrected chi connectivity index (χ3v) is 4.78. The third-order valence-electron chi connectivity index (χ3n) is 4.78. The number of nitrogens with zero attached hydrogens (tertiary/aromatic N) is 1. The van der Waals surface area contributed by atoms with Gasteiger partial charge in [-0.15, -0.1) is 0 Å². The number of ether oxygens (including phenoxy) is 3. The first-order valence-corrected chi connectivity index (χ1v) is 9.75. The van der Waals surface area contributed by atoms with Crippen molar-refractivity contribution in [1.29, 1.82) is 0 Å². The van der Waals surface area contributed by atoms with Gasteiger partial charge >= 0.3 is 6.09 Å². The number of nitrogens with one attached hydrogen (secondary N) is 1. The lowest BCUT2D eigenvalue weighted by Gasteiger charge is -2.37. The van der Waals surface area contributed by atoms with Crippen molar-refractivity contribution in [3.05, 3.63) is 47.4 Å². The number of hydrogen-bond acceptors (Lipinski definition) is 6. The summed E-state index contributed by atoms with van der Waals surface area (Å²) in [5.41, 5.74) is 1.13. The highest BCUT2D eigenvalue weighted by Gasteiger charge is 2.37. The van der Waals surface area contributed by atoms with Crippen molar-refractivity contribution in [2.24, 2.45) is 0 Å². The molecule has 8 heteroatoms. The van der Waals surface area contributed by atoms with Crippen molar-refractivity contribution < 1.29 is 28.2 Å². The zero-order valence-electron chi connectivity index (χ0n) is 18.0. The van der Waals surface area contributed by atoms with E-state index in [9.17, 15) is 9.59 Å². The molecule has 0 saturated heterocycles. The second kappa shape index (κ2) is 8.69. The quantitative estimate of drug-likeness (QED) is 0.805. The van der Waals surface area contributed by atoms with Crippen LogP contribution in [0.3, 0.4) is 0 Å². The standard InChI is InChI=1S/C22H28N2O6/c1-22(2,3)30-21(26)24-13-15-11-19(28-5)18(27-4)10-14(15)9-17(24)20(25)23-12-16-7-6-8-29-16/h6-8,10-11,17H,9,12-13H2,1-5H3,(H,23,25)/t17-/m0/s1. The van der Waals surface area contributed by atoms with Crippen molar-refractivity contribution in [3.63, 3.8) is 0 Å². The molecule has 162 valence electrons. The number of amides is 2. The van der Waals surface area contributed by atoms with Gasteiger partial charge in [0.05, 0.1) is 33.6 Å². The van der Waals surface area contributed by atoms with Crippen LogP contribution in [0.5, 0.6) is 11.5 Å². The van der Waals surface area contributed by atoms with Gasteiger partial charge in [-0.3, -0.25) is 9.69 Å². The van der Waals surface area contributed by atoms with E-state index in [1.54, 1.807) is 53.4 Å². The van der Waals surface area contributed by atoms with Crippen LogP contribution >= 0.6 is 0 Å². The van der Waals surface area contributed by atoms with Gasteiger partial charge in [-0.2, -0.15) is 0 Å².